The van der Waals surface area contributed by atoms with E-state index in [4.69, 9.17) is 9.84 Å². The average Bonchev–Trinajstić information content (AvgIpc) is 2.47. The highest BCUT2D eigenvalue weighted by Gasteiger charge is 2.24. The van der Waals surface area contributed by atoms with Crippen LogP contribution in [0.2, 0.25) is 0 Å². The summed E-state index contributed by atoms with van der Waals surface area (Å²) in [7, 11) is 0. The highest BCUT2D eigenvalue weighted by molar-refractivity contribution is 6.02. The number of anilines is 1. The van der Waals surface area contributed by atoms with Crippen LogP contribution in [-0.2, 0) is 9.53 Å². The lowest BCUT2D eigenvalue weighted by molar-refractivity contribution is -0.384. The van der Waals surface area contributed by atoms with Crippen molar-refractivity contribution in [2.24, 2.45) is 0 Å². The number of carboxylic acid groups (broad SMARTS) is 1. The monoisotopic (exact) mass is 294 g/mol. The molecule has 1 saturated heterocycles. The van der Waals surface area contributed by atoms with Crippen LogP contribution >= 0.6 is 0 Å². The maximum atomic E-state index is 12.0. The lowest BCUT2D eigenvalue weighted by atomic mass is 10.1. The van der Waals surface area contributed by atoms with Crippen molar-refractivity contribution >= 4 is 23.3 Å². The SMILES string of the molecule is O=C(O)c1ccc([N+](=O)[O-])cc1NC(=O)C1CCCCO1. The van der Waals surface area contributed by atoms with E-state index in [0.717, 1.165) is 31.0 Å². The van der Waals surface area contributed by atoms with E-state index in [9.17, 15) is 19.7 Å². The van der Waals surface area contributed by atoms with Gasteiger partial charge in [-0.1, -0.05) is 0 Å². The molecule has 21 heavy (non-hydrogen) atoms. The third-order valence-corrected chi connectivity index (χ3v) is 3.17. The second kappa shape index (κ2) is 6.31. The van der Waals surface area contributed by atoms with Gasteiger partial charge in [0.25, 0.3) is 11.6 Å². The molecular formula is C13H14N2O6. The number of carbonyl (C=O) groups is 2. The van der Waals surface area contributed by atoms with Gasteiger partial charge in [-0.25, -0.2) is 4.79 Å². The summed E-state index contributed by atoms with van der Waals surface area (Å²) in [6.07, 6.45) is 1.61. The molecule has 0 saturated carbocycles. The molecule has 1 heterocycles. The molecule has 0 spiro atoms. The minimum atomic E-state index is -1.27. The van der Waals surface area contributed by atoms with Crippen LogP contribution in [0.4, 0.5) is 11.4 Å². The minimum Gasteiger partial charge on any atom is -0.478 e. The molecule has 1 aromatic carbocycles. The van der Waals surface area contributed by atoms with E-state index in [0.29, 0.717) is 13.0 Å². The van der Waals surface area contributed by atoms with Gasteiger partial charge in [-0.3, -0.25) is 14.9 Å². The number of nitro groups is 1. The lowest BCUT2D eigenvalue weighted by Crippen LogP contribution is -2.33. The van der Waals surface area contributed by atoms with Crippen LogP contribution in [0, 0.1) is 10.1 Å². The fourth-order valence-corrected chi connectivity index (χ4v) is 2.10. The Bertz CT molecular complexity index is 580. The summed E-state index contributed by atoms with van der Waals surface area (Å²) < 4.78 is 5.30. The number of non-ortho nitro benzene ring substituents is 1. The topological polar surface area (TPSA) is 119 Å². The number of carboxylic acids is 1. The third kappa shape index (κ3) is 3.54. The number of hydrogen-bond acceptors (Lipinski definition) is 5. The molecule has 1 aromatic rings. The van der Waals surface area contributed by atoms with Gasteiger partial charge in [0, 0.05) is 18.7 Å². The van der Waals surface area contributed by atoms with Crippen LogP contribution in [0.1, 0.15) is 29.6 Å². The summed E-state index contributed by atoms with van der Waals surface area (Å²) in [5, 5.41) is 22.2. The Labute approximate surface area is 119 Å². The molecule has 1 amide bonds. The highest BCUT2D eigenvalue weighted by Crippen LogP contribution is 2.24. The normalized spacial score (nSPS) is 18.0. The van der Waals surface area contributed by atoms with Crippen molar-refractivity contribution in [2.45, 2.75) is 25.4 Å². The van der Waals surface area contributed by atoms with Crippen LogP contribution in [0.5, 0.6) is 0 Å². The number of benzene rings is 1. The number of nitrogens with one attached hydrogen (secondary N) is 1. The molecule has 1 atom stereocenters. The molecule has 112 valence electrons. The molecule has 1 aliphatic rings. The number of rotatable bonds is 4. The highest BCUT2D eigenvalue weighted by atomic mass is 16.6. The maximum absolute atomic E-state index is 12.0. The second-order valence-electron chi connectivity index (χ2n) is 4.64. The Balaban J connectivity index is 2.23. The number of ether oxygens (including phenoxy) is 1. The summed E-state index contributed by atoms with van der Waals surface area (Å²) in [5.41, 5.74) is -0.597. The second-order valence-corrected chi connectivity index (χ2v) is 4.64. The lowest BCUT2D eigenvalue weighted by Gasteiger charge is -2.22. The van der Waals surface area contributed by atoms with Gasteiger partial charge in [-0.2, -0.15) is 0 Å². The van der Waals surface area contributed by atoms with Crippen LogP contribution in [0.15, 0.2) is 18.2 Å². The Morgan fingerprint density at radius 2 is 2.14 bits per heavy atom. The molecule has 8 heteroatoms. The number of aromatic carboxylic acids is 1. The minimum absolute atomic E-state index is 0.101. The van der Waals surface area contributed by atoms with Gasteiger partial charge >= 0.3 is 5.97 Å². The number of nitrogens with zero attached hydrogens (tertiary/aromatic N) is 1. The molecule has 2 N–H and O–H groups in total. The van der Waals surface area contributed by atoms with Gasteiger partial charge in [0.2, 0.25) is 0 Å². The van der Waals surface area contributed by atoms with Crippen LogP contribution in [0.3, 0.4) is 0 Å². The van der Waals surface area contributed by atoms with Gasteiger partial charge in [-0.15, -0.1) is 0 Å². The number of amides is 1. The van der Waals surface area contributed by atoms with Crippen molar-refractivity contribution in [3.8, 4) is 0 Å². The van der Waals surface area contributed by atoms with Gasteiger partial charge in [0.05, 0.1) is 16.2 Å². The van der Waals surface area contributed by atoms with E-state index in [1.165, 1.54) is 0 Å². The van der Waals surface area contributed by atoms with E-state index in [2.05, 4.69) is 5.32 Å². The zero-order valence-electron chi connectivity index (χ0n) is 11.1. The maximum Gasteiger partial charge on any atom is 0.337 e. The van der Waals surface area contributed by atoms with E-state index in [1.54, 1.807) is 0 Å². The summed E-state index contributed by atoms with van der Waals surface area (Å²) in [6, 6.07) is 3.21. The Morgan fingerprint density at radius 3 is 2.71 bits per heavy atom. The van der Waals surface area contributed by atoms with Crippen molar-refractivity contribution in [1.29, 1.82) is 0 Å². The molecule has 1 aliphatic heterocycles. The molecule has 2 rings (SSSR count). The van der Waals surface area contributed by atoms with Gasteiger partial charge in [0.1, 0.15) is 6.10 Å². The van der Waals surface area contributed by atoms with Crippen LogP contribution in [-0.4, -0.2) is 34.6 Å². The summed E-state index contributed by atoms with van der Waals surface area (Å²) in [6.45, 7) is 0.471. The standard InChI is InChI=1S/C13H14N2O6/c16-12(11-3-1-2-6-21-11)14-10-7-8(15(19)20)4-5-9(10)13(17)18/h4-5,7,11H,1-3,6H2,(H,14,16)(H,17,18). The zero-order valence-corrected chi connectivity index (χ0v) is 11.1. The van der Waals surface area contributed by atoms with Crippen molar-refractivity contribution in [3.05, 3.63) is 33.9 Å². The predicted molar refractivity (Wildman–Crippen MR) is 72.3 cm³/mol. The smallest absolute Gasteiger partial charge is 0.337 e. The number of carbonyl (C=O) groups excluding carboxylic acids is 1. The van der Waals surface area contributed by atoms with Gasteiger partial charge < -0.3 is 15.2 Å². The molecule has 8 nitrogen and oxygen atoms in total. The first kappa shape index (κ1) is 14.9. The molecule has 0 aliphatic carbocycles. The number of nitro benzene ring substituents is 1. The fraction of sp³-hybridized carbons (Fsp3) is 0.385. The van der Waals surface area contributed by atoms with Crippen molar-refractivity contribution in [2.75, 3.05) is 11.9 Å². The summed E-state index contributed by atoms with van der Waals surface area (Å²) in [5.74, 6) is -1.76. The molecule has 0 radical (unpaired) electrons. The third-order valence-electron chi connectivity index (χ3n) is 3.17. The van der Waals surface area contributed by atoms with Crippen LogP contribution < -0.4 is 5.32 Å². The molecule has 1 unspecified atom stereocenters. The molecule has 0 bridgehead atoms. The van der Waals surface area contributed by atoms with Crippen LogP contribution in [0.25, 0.3) is 0 Å². The average molecular weight is 294 g/mol. The van der Waals surface area contributed by atoms with Crippen molar-refractivity contribution < 1.29 is 24.4 Å². The fourth-order valence-electron chi connectivity index (χ4n) is 2.10. The Hall–Kier alpha value is -2.48. The van der Waals surface area contributed by atoms with Gasteiger partial charge in [-0.05, 0) is 25.3 Å². The molecule has 0 aromatic heterocycles. The van der Waals surface area contributed by atoms with E-state index >= 15 is 0 Å². The zero-order chi connectivity index (χ0) is 15.4. The first-order valence-electron chi connectivity index (χ1n) is 6.43. The number of hydrogen-bond donors (Lipinski definition) is 2. The van der Waals surface area contributed by atoms with Gasteiger partial charge in [0.15, 0.2) is 0 Å². The Morgan fingerprint density at radius 1 is 1.38 bits per heavy atom. The molecular weight excluding hydrogens is 280 g/mol. The summed E-state index contributed by atoms with van der Waals surface area (Å²) in [4.78, 5) is 33.2. The summed E-state index contributed by atoms with van der Waals surface area (Å²) >= 11 is 0. The quantitative estimate of drug-likeness (QED) is 0.645. The van der Waals surface area contributed by atoms with Crippen molar-refractivity contribution in [3.63, 3.8) is 0 Å². The van der Waals surface area contributed by atoms with E-state index in [1.807, 2.05) is 0 Å². The first-order valence-corrected chi connectivity index (χ1v) is 6.43. The molecule has 1 fully saturated rings. The largest absolute Gasteiger partial charge is 0.478 e. The van der Waals surface area contributed by atoms with E-state index in [-0.39, 0.29) is 16.9 Å². The van der Waals surface area contributed by atoms with E-state index < -0.39 is 22.9 Å². The predicted octanol–water partition coefficient (Wildman–Crippen LogP) is 1.80. The van der Waals surface area contributed by atoms with Crippen molar-refractivity contribution in [1.82, 2.24) is 0 Å². The Kier molecular flexibility index (Phi) is 4.49. The first-order chi connectivity index (χ1) is 9.99.